The number of carbonyl (C=O) groups excluding carboxylic acids is 1. The van der Waals surface area contributed by atoms with Crippen molar-refractivity contribution >= 4 is 55.7 Å². The van der Waals surface area contributed by atoms with E-state index in [2.05, 4.69) is 0 Å². The molecule has 0 amide bonds. The average Bonchev–Trinajstić information content (AvgIpc) is 3.65. The summed E-state index contributed by atoms with van der Waals surface area (Å²) < 4.78 is 36.0. The monoisotopic (exact) mass is 690 g/mol. The van der Waals surface area contributed by atoms with Gasteiger partial charge in [-0.05, 0) is 30.7 Å². The van der Waals surface area contributed by atoms with Gasteiger partial charge in [-0.15, -0.1) is 0 Å². The zero-order valence-electron chi connectivity index (χ0n) is 25.8. The van der Waals surface area contributed by atoms with Gasteiger partial charge in [0, 0.05) is 34.8 Å². The molecule has 244 valence electrons. The van der Waals surface area contributed by atoms with E-state index >= 15 is 0 Å². The minimum absolute atomic E-state index is 0.125. The fourth-order valence-electron chi connectivity index (χ4n) is 5.89. The summed E-state index contributed by atoms with van der Waals surface area (Å²) in [7, 11) is -4.27. The van der Waals surface area contributed by atoms with Crippen LogP contribution in [0, 0.1) is 10.1 Å². The molecule has 0 radical (unpaired) electrons. The first kappa shape index (κ1) is 31.7. The Kier molecular flexibility index (Phi) is 8.14. The van der Waals surface area contributed by atoms with Crippen LogP contribution in [0.1, 0.15) is 29.7 Å². The minimum Gasteiger partial charge on any atom is -0.463 e. The number of aromatic nitrogens is 2. The number of ether oxygens (including phenoxy) is 1. The van der Waals surface area contributed by atoms with Crippen LogP contribution in [0.15, 0.2) is 136 Å². The van der Waals surface area contributed by atoms with Gasteiger partial charge >= 0.3 is 5.97 Å². The van der Waals surface area contributed by atoms with Crippen LogP contribution in [0.25, 0.3) is 22.7 Å². The SMILES string of the molecule is CCOC(=O)C1=C(c2ccccc2)N=c2s/c(=C\c3cn(S(=O)(=O)c4cccc([N+](=O)[O-])c4)c4ccccc34)c(=O)n2[C@@H]1c1ccccc1. The molecule has 0 fully saturated rings. The van der Waals surface area contributed by atoms with Crippen molar-refractivity contribution in [3.8, 4) is 0 Å². The fraction of sp³-hybridized carbons (Fsp3) is 0.0833. The Bertz CT molecular complexity index is 2610. The van der Waals surface area contributed by atoms with Gasteiger partial charge in [-0.3, -0.25) is 19.5 Å². The number of nitrogens with zero attached hydrogens (tertiary/aromatic N) is 4. The number of nitro benzene ring substituents is 1. The van der Waals surface area contributed by atoms with Crippen LogP contribution in [-0.2, 0) is 19.6 Å². The molecule has 1 aliphatic rings. The Morgan fingerprint density at radius 3 is 2.39 bits per heavy atom. The topological polar surface area (TPSA) is 143 Å². The van der Waals surface area contributed by atoms with Crippen molar-refractivity contribution < 1.29 is 22.9 Å². The highest BCUT2D eigenvalue weighted by Gasteiger charge is 2.35. The van der Waals surface area contributed by atoms with E-state index in [4.69, 9.17) is 9.73 Å². The van der Waals surface area contributed by atoms with Crippen molar-refractivity contribution in [1.29, 1.82) is 0 Å². The molecule has 3 heterocycles. The lowest BCUT2D eigenvalue weighted by Gasteiger charge is -2.25. The zero-order chi connectivity index (χ0) is 34.3. The van der Waals surface area contributed by atoms with Crippen molar-refractivity contribution in [3.05, 3.63) is 167 Å². The van der Waals surface area contributed by atoms with Crippen LogP contribution in [0.4, 0.5) is 5.69 Å². The number of non-ortho nitro benzene ring substituents is 1. The van der Waals surface area contributed by atoms with Gasteiger partial charge in [0.15, 0.2) is 4.80 Å². The van der Waals surface area contributed by atoms with Crippen molar-refractivity contribution in [2.75, 3.05) is 6.61 Å². The second kappa shape index (κ2) is 12.6. The first-order valence-electron chi connectivity index (χ1n) is 15.1. The van der Waals surface area contributed by atoms with Crippen LogP contribution < -0.4 is 14.9 Å². The third kappa shape index (κ3) is 5.58. The molecule has 0 aliphatic carbocycles. The van der Waals surface area contributed by atoms with E-state index in [1.807, 2.05) is 60.7 Å². The second-order valence-electron chi connectivity index (χ2n) is 11.0. The molecule has 4 aromatic carbocycles. The Hall–Kier alpha value is -5.92. The number of fused-ring (bicyclic) bond motifs is 2. The van der Waals surface area contributed by atoms with Gasteiger partial charge in [0.1, 0.15) is 0 Å². The quantitative estimate of drug-likeness (QED) is 0.124. The molecule has 11 nitrogen and oxygen atoms in total. The number of hydrogen-bond acceptors (Lipinski definition) is 9. The molecule has 0 unspecified atom stereocenters. The highest BCUT2D eigenvalue weighted by Crippen LogP contribution is 2.35. The zero-order valence-corrected chi connectivity index (χ0v) is 27.4. The third-order valence-corrected chi connectivity index (χ3v) is 10.7. The summed E-state index contributed by atoms with van der Waals surface area (Å²) in [6.07, 6.45) is 3.00. The van der Waals surface area contributed by atoms with Gasteiger partial charge in [0.25, 0.3) is 21.3 Å². The Balaban J connectivity index is 1.46. The van der Waals surface area contributed by atoms with E-state index in [1.165, 1.54) is 29.0 Å². The van der Waals surface area contributed by atoms with E-state index in [9.17, 15) is 28.1 Å². The standard InChI is InChI=1S/C36H26N4O7S2/c1-2-47-35(42)31-32(23-12-5-3-6-13-23)37-36-39(33(31)24-14-7-4-8-15-24)34(41)30(48-36)20-25-22-38(29-19-10-9-18-28(25)29)49(45,46)27-17-11-16-26(21-27)40(43)44/h3-22,33H,2H2,1H3/b30-20-/t33-/m1/s1. The largest absolute Gasteiger partial charge is 0.463 e. The first-order chi connectivity index (χ1) is 23.7. The second-order valence-corrected chi connectivity index (χ2v) is 13.8. The Morgan fingerprint density at radius 2 is 1.67 bits per heavy atom. The maximum atomic E-state index is 14.4. The summed E-state index contributed by atoms with van der Waals surface area (Å²) in [6.45, 7) is 1.84. The van der Waals surface area contributed by atoms with E-state index in [1.54, 1.807) is 37.3 Å². The predicted octanol–water partition coefficient (Wildman–Crippen LogP) is 5.04. The molecule has 2 aromatic heterocycles. The average molecular weight is 691 g/mol. The first-order valence-corrected chi connectivity index (χ1v) is 17.4. The van der Waals surface area contributed by atoms with Crippen LogP contribution in [0.5, 0.6) is 0 Å². The number of benzene rings is 4. The highest BCUT2D eigenvalue weighted by molar-refractivity contribution is 7.90. The lowest BCUT2D eigenvalue weighted by Crippen LogP contribution is -2.39. The lowest BCUT2D eigenvalue weighted by molar-refractivity contribution is -0.385. The molecule has 1 atom stereocenters. The normalized spacial score (nSPS) is 14.8. The van der Waals surface area contributed by atoms with Gasteiger partial charge in [0.05, 0.1) is 43.8 Å². The van der Waals surface area contributed by atoms with E-state index in [0.717, 1.165) is 21.4 Å². The van der Waals surface area contributed by atoms with Crippen molar-refractivity contribution in [2.24, 2.45) is 4.99 Å². The molecule has 6 aromatic rings. The summed E-state index contributed by atoms with van der Waals surface area (Å²) in [5.74, 6) is -0.595. The Labute approximate surface area is 283 Å². The summed E-state index contributed by atoms with van der Waals surface area (Å²) >= 11 is 1.12. The number of rotatable bonds is 8. The molecule has 1 aliphatic heterocycles. The van der Waals surface area contributed by atoms with E-state index < -0.39 is 32.5 Å². The molecule has 0 bridgehead atoms. The molecular weight excluding hydrogens is 665 g/mol. The van der Waals surface area contributed by atoms with Crippen molar-refractivity contribution in [1.82, 2.24) is 8.54 Å². The van der Waals surface area contributed by atoms with Crippen LogP contribution in [0.2, 0.25) is 0 Å². The minimum atomic E-state index is -4.27. The number of nitro groups is 1. The predicted molar refractivity (Wildman–Crippen MR) is 185 cm³/mol. The van der Waals surface area contributed by atoms with Crippen LogP contribution in [-0.4, -0.2) is 34.5 Å². The third-order valence-electron chi connectivity index (χ3n) is 8.07. The molecule has 0 spiro atoms. The number of para-hydroxylation sites is 1. The molecule has 49 heavy (non-hydrogen) atoms. The van der Waals surface area contributed by atoms with Crippen molar-refractivity contribution in [3.63, 3.8) is 0 Å². The van der Waals surface area contributed by atoms with E-state index in [-0.39, 0.29) is 27.3 Å². The number of hydrogen-bond donors (Lipinski definition) is 0. The van der Waals surface area contributed by atoms with Gasteiger partial charge < -0.3 is 4.74 Å². The maximum absolute atomic E-state index is 14.4. The molecule has 0 saturated heterocycles. The Morgan fingerprint density at radius 1 is 0.980 bits per heavy atom. The molecule has 7 rings (SSSR count). The van der Waals surface area contributed by atoms with Gasteiger partial charge in [-0.1, -0.05) is 96.3 Å². The smallest absolute Gasteiger partial charge is 0.338 e. The summed E-state index contributed by atoms with van der Waals surface area (Å²) in [4.78, 5) is 43.7. The summed E-state index contributed by atoms with van der Waals surface area (Å²) in [5.41, 5.74) is 1.94. The molecular formula is C36H26N4O7S2. The van der Waals surface area contributed by atoms with Gasteiger partial charge in [-0.25, -0.2) is 22.2 Å². The summed E-state index contributed by atoms with van der Waals surface area (Å²) in [6, 6.07) is 29.1. The number of esters is 1. The van der Waals surface area contributed by atoms with Crippen LogP contribution in [0.3, 0.4) is 0 Å². The van der Waals surface area contributed by atoms with Gasteiger partial charge in [-0.2, -0.15) is 0 Å². The fourth-order valence-corrected chi connectivity index (χ4v) is 8.30. The number of thiazole rings is 1. The van der Waals surface area contributed by atoms with Crippen LogP contribution >= 0.6 is 11.3 Å². The van der Waals surface area contributed by atoms with E-state index in [0.29, 0.717) is 38.1 Å². The van der Waals surface area contributed by atoms with Crippen molar-refractivity contribution in [2.45, 2.75) is 17.9 Å². The lowest BCUT2D eigenvalue weighted by atomic mass is 9.93. The molecule has 0 saturated carbocycles. The number of carbonyl (C=O) groups is 1. The maximum Gasteiger partial charge on any atom is 0.338 e. The molecule has 13 heteroatoms. The highest BCUT2D eigenvalue weighted by atomic mass is 32.2. The summed E-state index contributed by atoms with van der Waals surface area (Å²) in [5, 5.41) is 11.9. The molecule has 0 N–H and O–H groups in total. The van der Waals surface area contributed by atoms with Gasteiger partial charge in [0.2, 0.25) is 0 Å².